The summed E-state index contributed by atoms with van der Waals surface area (Å²) in [6.45, 7) is 3.19. The number of nitrogens with zero attached hydrogens (tertiary/aromatic N) is 1. The van der Waals surface area contributed by atoms with E-state index in [9.17, 15) is 4.79 Å². The Morgan fingerprint density at radius 3 is 2.72 bits per heavy atom. The molecule has 0 spiro atoms. The fourth-order valence-electron chi connectivity index (χ4n) is 3.34. The molecule has 1 fully saturated rings. The number of benzene rings is 3. The molecule has 0 unspecified atom stereocenters. The van der Waals surface area contributed by atoms with Crippen molar-refractivity contribution in [1.29, 1.82) is 0 Å². The summed E-state index contributed by atoms with van der Waals surface area (Å²) < 4.78 is 6.69. The van der Waals surface area contributed by atoms with E-state index in [1.165, 1.54) is 22.5 Å². The monoisotopic (exact) mass is 419 g/mol. The summed E-state index contributed by atoms with van der Waals surface area (Å²) in [7, 11) is 0. The van der Waals surface area contributed by atoms with E-state index in [4.69, 9.17) is 17.0 Å². The number of carbonyl (C=O) groups excluding carboxylic acids is 1. The zero-order valence-corrected chi connectivity index (χ0v) is 17.8. The van der Waals surface area contributed by atoms with E-state index in [0.717, 1.165) is 23.3 Å². The molecule has 3 nitrogen and oxygen atoms in total. The normalized spacial score (nSPS) is 15.5. The smallest absolute Gasteiger partial charge is 0.266 e. The molecule has 0 saturated carbocycles. The van der Waals surface area contributed by atoms with Gasteiger partial charge in [0.05, 0.1) is 4.91 Å². The van der Waals surface area contributed by atoms with Crippen molar-refractivity contribution in [1.82, 2.24) is 4.90 Å². The lowest BCUT2D eigenvalue weighted by atomic mass is 10.1. The van der Waals surface area contributed by atoms with E-state index in [2.05, 4.69) is 30.3 Å². The van der Waals surface area contributed by atoms with Crippen LogP contribution < -0.4 is 4.74 Å². The maximum absolute atomic E-state index is 12.5. The lowest BCUT2D eigenvalue weighted by molar-refractivity contribution is -0.122. The number of rotatable bonds is 6. The molecular formula is C24H21NO2S2. The molecule has 3 aromatic carbocycles. The summed E-state index contributed by atoms with van der Waals surface area (Å²) in [5, 5.41) is 2.40. The number of thiocarbonyl (C=S) groups is 1. The van der Waals surface area contributed by atoms with Crippen molar-refractivity contribution in [3.05, 3.63) is 82.8 Å². The van der Waals surface area contributed by atoms with Crippen LogP contribution in [0.2, 0.25) is 0 Å². The molecule has 1 amide bonds. The lowest BCUT2D eigenvalue weighted by Gasteiger charge is -2.12. The van der Waals surface area contributed by atoms with E-state index < -0.39 is 0 Å². The first kappa shape index (κ1) is 19.7. The van der Waals surface area contributed by atoms with Crippen molar-refractivity contribution in [2.75, 3.05) is 6.54 Å². The van der Waals surface area contributed by atoms with Gasteiger partial charge in [0.2, 0.25) is 0 Å². The summed E-state index contributed by atoms with van der Waals surface area (Å²) in [6, 6.07) is 22.4. The SMILES string of the molecule is CCCN1C(=O)/C(=C\c2cccc(OCc3cccc4ccccc34)c2)SC1=S. The molecule has 1 aliphatic rings. The van der Waals surface area contributed by atoms with Crippen LogP contribution in [0.3, 0.4) is 0 Å². The van der Waals surface area contributed by atoms with Crippen LogP contribution in [0, 0.1) is 0 Å². The summed E-state index contributed by atoms with van der Waals surface area (Å²) in [5.41, 5.74) is 2.08. The number of hydrogen-bond acceptors (Lipinski definition) is 4. The second-order valence-electron chi connectivity index (χ2n) is 6.83. The minimum absolute atomic E-state index is 0.0103. The van der Waals surface area contributed by atoms with Gasteiger partial charge in [-0.25, -0.2) is 0 Å². The Kier molecular flexibility index (Phi) is 5.97. The number of hydrogen-bond donors (Lipinski definition) is 0. The summed E-state index contributed by atoms with van der Waals surface area (Å²) in [4.78, 5) is 14.9. The predicted octanol–water partition coefficient (Wildman–Crippen LogP) is 6.03. The minimum atomic E-state index is -0.0103. The molecule has 0 aliphatic carbocycles. The number of amides is 1. The van der Waals surface area contributed by atoms with Crippen molar-refractivity contribution in [3.63, 3.8) is 0 Å². The van der Waals surface area contributed by atoms with Crippen LogP contribution in [0.4, 0.5) is 0 Å². The second kappa shape index (κ2) is 8.80. The van der Waals surface area contributed by atoms with Crippen molar-refractivity contribution >= 4 is 51.1 Å². The van der Waals surface area contributed by atoms with E-state index in [-0.39, 0.29) is 5.91 Å². The molecule has 0 radical (unpaired) electrons. The van der Waals surface area contributed by atoms with E-state index in [0.29, 0.717) is 22.4 Å². The first-order valence-electron chi connectivity index (χ1n) is 9.60. The molecular weight excluding hydrogens is 398 g/mol. The Hall–Kier alpha value is -2.63. The Bertz CT molecular complexity index is 1100. The highest BCUT2D eigenvalue weighted by Crippen LogP contribution is 2.33. The van der Waals surface area contributed by atoms with Gasteiger partial charge in [-0.2, -0.15) is 0 Å². The minimum Gasteiger partial charge on any atom is -0.489 e. The Labute approximate surface area is 180 Å². The summed E-state index contributed by atoms with van der Waals surface area (Å²) >= 11 is 6.70. The van der Waals surface area contributed by atoms with Crippen LogP contribution in [0.15, 0.2) is 71.6 Å². The maximum Gasteiger partial charge on any atom is 0.266 e. The topological polar surface area (TPSA) is 29.5 Å². The third kappa shape index (κ3) is 4.36. The third-order valence-corrected chi connectivity index (χ3v) is 6.13. The maximum atomic E-state index is 12.5. The molecule has 4 rings (SSSR count). The first-order valence-corrected chi connectivity index (χ1v) is 10.8. The lowest BCUT2D eigenvalue weighted by Crippen LogP contribution is -2.28. The third-order valence-electron chi connectivity index (χ3n) is 4.75. The largest absolute Gasteiger partial charge is 0.489 e. The Balaban J connectivity index is 1.51. The van der Waals surface area contributed by atoms with Gasteiger partial charge in [-0.1, -0.05) is 85.5 Å². The van der Waals surface area contributed by atoms with Crippen molar-refractivity contribution in [2.24, 2.45) is 0 Å². The van der Waals surface area contributed by atoms with Gasteiger partial charge in [0.1, 0.15) is 16.7 Å². The molecule has 5 heteroatoms. The molecule has 1 saturated heterocycles. The zero-order valence-electron chi connectivity index (χ0n) is 16.1. The van der Waals surface area contributed by atoms with Gasteiger partial charge < -0.3 is 4.74 Å². The fourth-order valence-corrected chi connectivity index (χ4v) is 4.65. The van der Waals surface area contributed by atoms with Crippen LogP contribution in [0.1, 0.15) is 24.5 Å². The average Bonchev–Trinajstić information content (AvgIpc) is 3.00. The van der Waals surface area contributed by atoms with Gasteiger partial charge >= 0.3 is 0 Å². The van der Waals surface area contributed by atoms with Gasteiger partial charge in [-0.05, 0) is 46.5 Å². The standard InChI is InChI=1S/C24H21NO2S2/c1-2-13-25-23(26)22(29-24(25)28)15-17-7-5-11-20(14-17)27-16-19-10-6-9-18-8-3-4-12-21(18)19/h3-12,14-15H,2,13,16H2,1H3/b22-15+. The molecule has 0 atom stereocenters. The summed E-state index contributed by atoms with van der Waals surface area (Å²) in [6.07, 6.45) is 2.77. The van der Waals surface area contributed by atoms with E-state index in [1.54, 1.807) is 4.90 Å². The molecule has 0 N–H and O–H groups in total. The first-order chi connectivity index (χ1) is 14.2. The molecule has 29 heavy (non-hydrogen) atoms. The van der Waals surface area contributed by atoms with Crippen molar-refractivity contribution in [3.8, 4) is 5.75 Å². The van der Waals surface area contributed by atoms with Crippen LogP contribution in [-0.4, -0.2) is 21.7 Å². The van der Waals surface area contributed by atoms with Gasteiger partial charge in [0, 0.05) is 6.54 Å². The van der Waals surface area contributed by atoms with Crippen LogP contribution in [-0.2, 0) is 11.4 Å². The molecule has 3 aromatic rings. The Morgan fingerprint density at radius 1 is 1.07 bits per heavy atom. The van der Waals surface area contributed by atoms with Crippen molar-refractivity contribution < 1.29 is 9.53 Å². The molecule has 146 valence electrons. The van der Waals surface area contributed by atoms with Crippen molar-refractivity contribution in [2.45, 2.75) is 20.0 Å². The van der Waals surface area contributed by atoms with Crippen LogP contribution >= 0.6 is 24.0 Å². The van der Waals surface area contributed by atoms with Gasteiger partial charge in [0.25, 0.3) is 5.91 Å². The highest BCUT2D eigenvalue weighted by molar-refractivity contribution is 8.26. The number of thioether (sulfide) groups is 1. The second-order valence-corrected chi connectivity index (χ2v) is 8.51. The number of ether oxygens (including phenoxy) is 1. The van der Waals surface area contributed by atoms with Crippen LogP contribution in [0.5, 0.6) is 5.75 Å². The molecule has 1 heterocycles. The molecule has 1 aliphatic heterocycles. The average molecular weight is 420 g/mol. The van der Waals surface area contributed by atoms with Crippen LogP contribution in [0.25, 0.3) is 16.8 Å². The Morgan fingerprint density at radius 2 is 1.86 bits per heavy atom. The van der Waals surface area contributed by atoms with E-state index in [1.807, 2.05) is 49.4 Å². The molecule has 0 aromatic heterocycles. The van der Waals surface area contributed by atoms with Gasteiger partial charge in [-0.15, -0.1) is 0 Å². The zero-order chi connectivity index (χ0) is 20.2. The van der Waals surface area contributed by atoms with E-state index >= 15 is 0 Å². The summed E-state index contributed by atoms with van der Waals surface area (Å²) in [5.74, 6) is 0.764. The number of carbonyl (C=O) groups is 1. The van der Waals surface area contributed by atoms with Gasteiger partial charge in [-0.3, -0.25) is 9.69 Å². The highest BCUT2D eigenvalue weighted by atomic mass is 32.2. The molecule has 0 bridgehead atoms. The predicted molar refractivity (Wildman–Crippen MR) is 125 cm³/mol. The number of fused-ring (bicyclic) bond motifs is 1. The van der Waals surface area contributed by atoms with Gasteiger partial charge in [0.15, 0.2) is 0 Å². The highest BCUT2D eigenvalue weighted by Gasteiger charge is 2.31. The quantitative estimate of drug-likeness (QED) is 0.360. The fraction of sp³-hybridized carbons (Fsp3) is 0.167.